The van der Waals surface area contributed by atoms with E-state index >= 15 is 0 Å². The van der Waals surface area contributed by atoms with Crippen molar-refractivity contribution in [1.82, 2.24) is 14.7 Å². The molecule has 0 unspecified atom stereocenters. The molecular weight excluding hydrogens is 300 g/mol. The second-order valence-electron chi connectivity index (χ2n) is 5.82. The molecule has 0 fully saturated rings. The van der Waals surface area contributed by atoms with Crippen LogP contribution in [-0.4, -0.2) is 21.8 Å². The van der Waals surface area contributed by atoms with E-state index in [0.717, 1.165) is 28.2 Å². The first-order valence-electron chi connectivity index (χ1n) is 7.77. The molecule has 1 aromatic carbocycles. The van der Waals surface area contributed by atoms with Crippen molar-refractivity contribution in [3.8, 4) is 17.3 Å². The highest BCUT2D eigenvalue weighted by Crippen LogP contribution is 2.25. The topological polar surface area (TPSA) is 70.2 Å². The summed E-state index contributed by atoms with van der Waals surface area (Å²) in [5.74, 6) is -0.187. The summed E-state index contributed by atoms with van der Waals surface area (Å²) in [6, 6.07) is 14.0. The maximum atomic E-state index is 12.1. The van der Waals surface area contributed by atoms with Crippen LogP contribution >= 0.6 is 0 Å². The van der Waals surface area contributed by atoms with Crippen molar-refractivity contribution in [2.45, 2.75) is 20.3 Å². The average molecular weight is 318 g/mol. The fourth-order valence-corrected chi connectivity index (χ4v) is 2.66. The smallest absolute Gasteiger partial charge is 0.226 e. The Morgan fingerprint density at radius 3 is 2.58 bits per heavy atom. The third kappa shape index (κ3) is 3.13. The zero-order valence-electron chi connectivity index (χ0n) is 13.7. The predicted octanol–water partition coefficient (Wildman–Crippen LogP) is 2.80. The van der Waals surface area contributed by atoms with E-state index in [1.807, 2.05) is 66.9 Å². The molecule has 0 radical (unpaired) electrons. The summed E-state index contributed by atoms with van der Waals surface area (Å²) in [6.45, 7) is 4.05. The molecule has 0 saturated heterocycles. The number of aryl methyl sites for hydroxylation is 2. The standard InChI is InChI=1S/C19H18N4O/c1-13-3-6-15(7-4-13)19-16(11-18(24)21-10-9-20)23-12-14(2)5-8-17(23)22-19/h3-8,12H,10-11H2,1-2H3,(H,21,24). The van der Waals surface area contributed by atoms with Gasteiger partial charge in [-0.05, 0) is 25.5 Å². The lowest BCUT2D eigenvalue weighted by Gasteiger charge is -2.06. The molecular formula is C19H18N4O. The van der Waals surface area contributed by atoms with E-state index in [9.17, 15) is 4.79 Å². The monoisotopic (exact) mass is 318 g/mol. The number of fused-ring (bicyclic) bond motifs is 1. The molecule has 5 heteroatoms. The van der Waals surface area contributed by atoms with Gasteiger partial charge in [0.15, 0.2) is 0 Å². The molecule has 120 valence electrons. The van der Waals surface area contributed by atoms with Crippen LogP contribution in [0.4, 0.5) is 0 Å². The summed E-state index contributed by atoms with van der Waals surface area (Å²) in [7, 11) is 0. The van der Waals surface area contributed by atoms with E-state index in [1.165, 1.54) is 5.56 Å². The number of nitrogens with zero attached hydrogens (tertiary/aromatic N) is 3. The van der Waals surface area contributed by atoms with Gasteiger partial charge in [0.1, 0.15) is 12.2 Å². The first kappa shape index (κ1) is 15.8. The van der Waals surface area contributed by atoms with Crippen molar-refractivity contribution >= 4 is 11.6 Å². The van der Waals surface area contributed by atoms with Gasteiger partial charge in [-0.1, -0.05) is 35.9 Å². The molecule has 2 aromatic heterocycles. The number of hydrogen-bond donors (Lipinski definition) is 1. The molecule has 0 aliphatic carbocycles. The molecule has 5 nitrogen and oxygen atoms in total. The number of imidazole rings is 1. The largest absolute Gasteiger partial charge is 0.343 e. The number of aromatic nitrogens is 2. The van der Waals surface area contributed by atoms with Gasteiger partial charge in [-0.2, -0.15) is 5.26 Å². The number of rotatable bonds is 4. The van der Waals surface area contributed by atoms with E-state index in [1.54, 1.807) is 0 Å². The third-order valence-corrected chi connectivity index (χ3v) is 3.88. The van der Waals surface area contributed by atoms with E-state index in [4.69, 9.17) is 10.2 Å². The van der Waals surface area contributed by atoms with E-state index in [2.05, 4.69) is 5.32 Å². The Kier molecular flexibility index (Phi) is 4.30. The van der Waals surface area contributed by atoms with Crippen LogP contribution in [0.2, 0.25) is 0 Å². The minimum absolute atomic E-state index is 0.00840. The van der Waals surface area contributed by atoms with Crippen molar-refractivity contribution in [1.29, 1.82) is 5.26 Å². The lowest BCUT2D eigenvalue weighted by Crippen LogP contribution is -2.26. The zero-order valence-corrected chi connectivity index (χ0v) is 13.7. The highest BCUT2D eigenvalue weighted by molar-refractivity contribution is 5.81. The quantitative estimate of drug-likeness (QED) is 0.752. The molecule has 1 amide bonds. The minimum Gasteiger partial charge on any atom is -0.343 e. The molecule has 0 bridgehead atoms. The normalized spacial score (nSPS) is 10.5. The van der Waals surface area contributed by atoms with Gasteiger partial charge >= 0.3 is 0 Å². The summed E-state index contributed by atoms with van der Waals surface area (Å²) in [4.78, 5) is 16.8. The Morgan fingerprint density at radius 2 is 1.88 bits per heavy atom. The molecule has 0 saturated carbocycles. The Balaban J connectivity index is 2.10. The van der Waals surface area contributed by atoms with Crippen LogP contribution in [0.25, 0.3) is 16.9 Å². The number of carbonyl (C=O) groups is 1. The first-order chi connectivity index (χ1) is 11.6. The maximum Gasteiger partial charge on any atom is 0.226 e. The second kappa shape index (κ2) is 6.55. The Bertz CT molecular complexity index is 932. The van der Waals surface area contributed by atoms with Crippen molar-refractivity contribution in [3.05, 3.63) is 59.4 Å². The van der Waals surface area contributed by atoms with Gasteiger partial charge in [-0.15, -0.1) is 0 Å². The number of nitriles is 1. The van der Waals surface area contributed by atoms with E-state index in [0.29, 0.717) is 0 Å². The van der Waals surface area contributed by atoms with Crippen LogP contribution in [0.1, 0.15) is 16.8 Å². The first-order valence-corrected chi connectivity index (χ1v) is 7.77. The van der Waals surface area contributed by atoms with Gasteiger partial charge in [-0.3, -0.25) is 4.79 Å². The van der Waals surface area contributed by atoms with E-state index in [-0.39, 0.29) is 18.9 Å². The third-order valence-electron chi connectivity index (χ3n) is 3.88. The van der Waals surface area contributed by atoms with Crippen LogP contribution in [-0.2, 0) is 11.2 Å². The van der Waals surface area contributed by atoms with Crippen LogP contribution in [0, 0.1) is 25.2 Å². The highest BCUT2D eigenvalue weighted by Gasteiger charge is 2.17. The highest BCUT2D eigenvalue weighted by atomic mass is 16.1. The molecule has 3 aromatic rings. The zero-order chi connectivity index (χ0) is 17.1. The SMILES string of the molecule is Cc1ccc(-c2nc3ccc(C)cn3c2CC(=O)NCC#N)cc1. The number of hydrogen-bond acceptors (Lipinski definition) is 3. The Morgan fingerprint density at radius 1 is 1.17 bits per heavy atom. The van der Waals surface area contributed by atoms with Crippen LogP contribution < -0.4 is 5.32 Å². The number of amides is 1. The molecule has 0 spiro atoms. The summed E-state index contributed by atoms with van der Waals surface area (Å²) in [5.41, 5.74) is 5.67. The second-order valence-corrected chi connectivity index (χ2v) is 5.82. The van der Waals surface area contributed by atoms with Crippen LogP contribution in [0.15, 0.2) is 42.6 Å². The van der Waals surface area contributed by atoms with Crippen molar-refractivity contribution in [3.63, 3.8) is 0 Å². The molecule has 2 heterocycles. The molecule has 0 aliphatic heterocycles. The van der Waals surface area contributed by atoms with Crippen LogP contribution in [0.3, 0.4) is 0 Å². The summed E-state index contributed by atoms with van der Waals surface area (Å²) in [6.07, 6.45) is 2.16. The number of carbonyl (C=O) groups excluding carboxylic acids is 1. The molecule has 0 atom stereocenters. The maximum absolute atomic E-state index is 12.1. The lowest BCUT2D eigenvalue weighted by atomic mass is 10.1. The molecule has 0 aliphatic rings. The van der Waals surface area contributed by atoms with Gasteiger partial charge < -0.3 is 9.72 Å². The van der Waals surface area contributed by atoms with Crippen molar-refractivity contribution in [2.24, 2.45) is 0 Å². The Hall–Kier alpha value is -3.13. The van der Waals surface area contributed by atoms with Gasteiger partial charge in [0.25, 0.3) is 0 Å². The molecule has 1 N–H and O–H groups in total. The van der Waals surface area contributed by atoms with E-state index < -0.39 is 0 Å². The molecule has 3 rings (SSSR count). The average Bonchev–Trinajstić information content (AvgIpc) is 2.91. The van der Waals surface area contributed by atoms with Gasteiger partial charge in [-0.25, -0.2) is 4.98 Å². The van der Waals surface area contributed by atoms with Crippen molar-refractivity contribution < 1.29 is 4.79 Å². The fourth-order valence-electron chi connectivity index (χ4n) is 2.66. The number of pyridine rings is 1. The summed E-state index contributed by atoms with van der Waals surface area (Å²) >= 11 is 0. The minimum atomic E-state index is -0.187. The van der Waals surface area contributed by atoms with Crippen LogP contribution in [0.5, 0.6) is 0 Å². The van der Waals surface area contributed by atoms with Gasteiger partial charge in [0, 0.05) is 11.8 Å². The summed E-state index contributed by atoms with van der Waals surface area (Å²) in [5, 5.41) is 11.2. The lowest BCUT2D eigenvalue weighted by molar-refractivity contribution is -0.120. The summed E-state index contributed by atoms with van der Waals surface area (Å²) < 4.78 is 1.95. The fraction of sp³-hybridized carbons (Fsp3) is 0.211. The van der Waals surface area contributed by atoms with Crippen molar-refractivity contribution in [2.75, 3.05) is 6.54 Å². The Labute approximate surface area is 140 Å². The number of nitrogens with one attached hydrogen (secondary N) is 1. The molecule has 24 heavy (non-hydrogen) atoms. The predicted molar refractivity (Wildman–Crippen MR) is 92.4 cm³/mol. The number of benzene rings is 1. The van der Waals surface area contributed by atoms with Gasteiger partial charge in [0.05, 0.1) is 23.9 Å². The van der Waals surface area contributed by atoms with Gasteiger partial charge in [0.2, 0.25) is 5.91 Å².